The van der Waals surface area contributed by atoms with Gasteiger partial charge in [0.15, 0.2) is 0 Å². The quantitative estimate of drug-likeness (QED) is 0.561. The van der Waals surface area contributed by atoms with Gasteiger partial charge in [-0.05, 0) is 73.3 Å². The molecule has 0 spiro atoms. The Kier molecular flexibility index (Phi) is 5.45. The molecule has 3 aromatic rings. The van der Waals surface area contributed by atoms with Crippen molar-refractivity contribution < 1.29 is 4.79 Å². The molecule has 1 saturated heterocycles. The predicted molar refractivity (Wildman–Crippen MR) is 122 cm³/mol. The lowest BCUT2D eigenvalue weighted by Crippen LogP contribution is -2.47. The monoisotopic (exact) mass is 454 g/mol. The van der Waals surface area contributed by atoms with Gasteiger partial charge in [-0.3, -0.25) is 4.79 Å². The van der Waals surface area contributed by atoms with Crippen molar-refractivity contribution in [1.29, 1.82) is 0 Å². The van der Waals surface area contributed by atoms with Crippen molar-refractivity contribution in [3.8, 4) is 5.69 Å². The standard InChI is InChI=1S/C22H23ClN6OS/c1-14-3-8-19-17(11-14)18-12-27(2)10-9-20(18)28(19)21(30)13-31-22-24-25-26-29(22)16-6-4-15(23)5-7-16/h3-8,11,18,20H,9-10,12-13H2,1-2H3/t18-,20+/m0/s1. The zero-order valence-electron chi connectivity index (χ0n) is 17.4. The van der Waals surface area contributed by atoms with Gasteiger partial charge in [0.2, 0.25) is 11.1 Å². The van der Waals surface area contributed by atoms with Gasteiger partial charge in [-0.2, -0.15) is 4.68 Å². The molecule has 160 valence electrons. The first-order chi connectivity index (χ1) is 15.0. The van der Waals surface area contributed by atoms with Crippen LogP contribution in [0.1, 0.15) is 23.5 Å². The van der Waals surface area contributed by atoms with Gasteiger partial charge in [0, 0.05) is 29.2 Å². The minimum atomic E-state index is 0.0952. The fourth-order valence-corrected chi connectivity index (χ4v) is 5.49. The summed E-state index contributed by atoms with van der Waals surface area (Å²) in [5, 5.41) is 13.2. The van der Waals surface area contributed by atoms with E-state index in [9.17, 15) is 4.79 Å². The van der Waals surface area contributed by atoms with Crippen LogP contribution in [-0.4, -0.2) is 62.9 Å². The van der Waals surface area contributed by atoms with Crippen LogP contribution in [0.25, 0.3) is 5.69 Å². The number of rotatable bonds is 4. The highest BCUT2D eigenvalue weighted by Gasteiger charge is 2.43. The zero-order valence-corrected chi connectivity index (χ0v) is 19.0. The number of halogens is 1. The number of amides is 1. The van der Waals surface area contributed by atoms with Crippen LogP contribution >= 0.6 is 23.4 Å². The summed E-state index contributed by atoms with van der Waals surface area (Å²) in [5.41, 5.74) is 4.39. The van der Waals surface area contributed by atoms with E-state index in [1.54, 1.807) is 16.8 Å². The van der Waals surface area contributed by atoms with Crippen LogP contribution in [-0.2, 0) is 4.79 Å². The number of aromatic nitrogens is 4. The molecule has 0 N–H and O–H groups in total. The molecular weight excluding hydrogens is 432 g/mol. The minimum absolute atomic E-state index is 0.0952. The molecule has 5 rings (SSSR count). The molecule has 1 amide bonds. The number of anilines is 1. The van der Waals surface area contributed by atoms with Gasteiger partial charge >= 0.3 is 0 Å². The molecule has 9 heteroatoms. The van der Waals surface area contributed by atoms with Crippen LogP contribution in [0.2, 0.25) is 5.02 Å². The number of aryl methyl sites for hydroxylation is 1. The number of likely N-dealkylation sites (tertiary alicyclic amines) is 1. The van der Waals surface area contributed by atoms with E-state index in [4.69, 9.17) is 11.6 Å². The third-order valence-corrected chi connectivity index (χ3v) is 7.21. The van der Waals surface area contributed by atoms with Crippen LogP contribution in [0.5, 0.6) is 0 Å². The number of benzene rings is 2. The van der Waals surface area contributed by atoms with Crippen molar-refractivity contribution in [3.63, 3.8) is 0 Å². The van der Waals surface area contributed by atoms with Crippen LogP contribution < -0.4 is 4.90 Å². The Morgan fingerprint density at radius 2 is 2.03 bits per heavy atom. The number of likely N-dealkylation sites (N-methyl/N-ethyl adjacent to an activating group) is 1. The third kappa shape index (κ3) is 3.84. The Morgan fingerprint density at radius 3 is 2.84 bits per heavy atom. The fraction of sp³-hybridized carbons (Fsp3) is 0.364. The summed E-state index contributed by atoms with van der Waals surface area (Å²) in [6.45, 7) is 4.09. The number of hydrogen-bond acceptors (Lipinski definition) is 6. The van der Waals surface area contributed by atoms with E-state index in [2.05, 4.69) is 52.6 Å². The Labute approximate surface area is 190 Å². The maximum absolute atomic E-state index is 13.4. The number of carbonyl (C=O) groups excluding carboxylic acids is 1. The zero-order chi connectivity index (χ0) is 21.5. The SMILES string of the molecule is Cc1ccc2c(c1)[C@@H]1CN(C)CC[C@H]1N2C(=O)CSc1nnnn1-c1ccc(Cl)cc1. The van der Waals surface area contributed by atoms with Crippen molar-refractivity contribution >= 4 is 35.0 Å². The molecule has 0 aliphatic carbocycles. The lowest BCUT2D eigenvalue weighted by Gasteiger charge is -2.36. The first-order valence-electron chi connectivity index (χ1n) is 10.3. The van der Waals surface area contributed by atoms with Crippen LogP contribution in [0.3, 0.4) is 0 Å². The summed E-state index contributed by atoms with van der Waals surface area (Å²) in [6, 6.07) is 13.9. The van der Waals surface area contributed by atoms with Crippen molar-refractivity contribution in [2.24, 2.45) is 0 Å². The van der Waals surface area contributed by atoms with E-state index in [-0.39, 0.29) is 17.7 Å². The van der Waals surface area contributed by atoms with E-state index in [1.165, 1.54) is 22.9 Å². The van der Waals surface area contributed by atoms with E-state index in [0.717, 1.165) is 30.9 Å². The number of hydrogen-bond donors (Lipinski definition) is 0. The highest BCUT2D eigenvalue weighted by molar-refractivity contribution is 7.99. The van der Waals surface area contributed by atoms with Crippen molar-refractivity contribution in [2.45, 2.75) is 30.5 Å². The Hall–Kier alpha value is -2.42. The summed E-state index contributed by atoms with van der Waals surface area (Å²) >= 11 is 7.34. The summed E-state index contributed by atoms with van der Waals surface area (Å²) in [7, 11) is 2.16. The molecular formula is C22H23ClN6OS. The molecule has 0 bridgehead atoms. The Balaban J connectivity index is 1.37. The molecule has 2 atom stereocenters. The first kappa shape index (κ1) is 20.5. The lowest BCUT2D eigenvalue weighted by atomic mass is 9.89. The molecule has 1 aromatic heterocycles. The normalized spacial score (nSPS) is 20.5. The van der Waals surface area contributed by atoms with E-state index < -0.39 is 0 Å². The largest absolute Gasteiger partial charge is 0.308 e. The molecule has 0 radical (unpaired) electrons. The van der Waals surface area contributed by atoms with E-state index in [1.807, 2.05) is 17.0 Å². The summed E-state index contributed by atoms with van der Waals surface area (Å²) in [5.74, 6) is 0.736. The summed E-state index contributed by atoms with van der Waals surface area (Å²) in [4.78, 5) is 17.8. The molecule has 7 nitrogen and oxygen atoms in total. The second-order valence-electron chi connectivity index (χ2n) is 8.19. The van der Waals surface area contributed by atoms with Gasteiger partial charge in [0.05, 0.1) is 11.4 Å². The van der Waals surface area contributed by atoms with Gasteiger partial charge in [0.25, 0.3) is 0 Å². The molecule has 2 aliphatic rings. The molecule has 0 saturated carbocycles. The number of nitrogens with zero attached hydrogens (tertiary/aromatic N) is 6. The second kappa shape index (κ2) is 8.26. The van der Waals surface area contributed by atoms with Gasteiger partial charge in [-0.25, -0.2) is 0 Å². The van der Waals surface area contributed by atoms with Crippen LogP contribution in [0.15, 0.2) is 47.6 Å². The molecule has 31 heavy (non-hydrogen) atoms. The molecule has 2 aromatic carbocycles. The van der Waals surface area contributed by atoms with Crippen molar-refractivity contribution in [3.05, 3.63) is 58.6 Å². The van der Waals surface area contributed by atoms with E-state index in [0.29, 0.717) is 16.1 Å². The second-order valence-corrected chi connectivity index (χ2v) is 9.57. The van der Waals surface area contributed by atoms with Crippen molar-refractivity contribution in [2.75, 3.05) is 30.8 Å². The highest BCUT2D eigenvalue weighted by Crippen LogP contribution is 2.45. The number of fused-ring (bicyclic) bond motifs is 3. The smallest absolute Gasteiger partial charge is 0.237 e. The van der Waals surface area contributed by atoms with Gasteiger partial charge in [-0.1, -0.05) is 41.1 Å². The number of piperidine rings is 1. The van der Waals surface area contributed by atoms with Gasteiger partial charge in [0.1, 0.15) is 0 Å². The summed E-state index contributed by atoms with van der Waals surface area (Å²) in [6.07, 6.45) is 0.980. The molecule has 0 unspecified atom stereocenters. The number of thioether (sulfide) groups is 1. The van der Waals surface area contributed by atoms with Crippen molar-refractivity contribution in [1.82, 2.24) is 25.1 Å². The fourth-order valence-electron chi connectivity index (χ4n) is 4.61. The number of carbonyl (C=O) groups is 1. The molecule has 2 aliphatic heterocycles. The minimum Gasteiger partial charge on any atom is -0.308 e. The average molecular weight is 455 g/mol. The Morgan fingerprint density at radius 1 is 1.23 bits per heavy atom. The number of tetrazole rings is 1. The maximum Gasteiger partial charge on any atom is 0.237 e. The third-order valence-electron chi connectivity index (χ3n) is 6.06. The van der Waals surface area contributed by atoms with Crippen LogP contribution in [0.4, 0.5) is 5.69 Å². The lowest BCUT2D eigenvalue weighted by molar-refractivity contribution is -0.116. The Bertz CT molecular complexity index is 1120. The topological polar surface area (TPSA) is 67.2 Å². The van der Waals surface area contributed by atoms with Gasteiger partial charge < -0.3 is 9.80 Å². The maximum atomic E-state index is 13.4. The first-order valence-corrected chi connectivity index (χ1v) is 11.7. The highest BCUT2D eigenvalue weighted by atomic mass is 35.5. The molecule has 1 fully saturated rings. The van der Waals surface area contributed by atoms with E-state index >= 15 is 0 Å². The van der Waals surface area contributed by atoms with Gasteiger partial charge in [-0.15, -0.1) is 5.10 Å². The van der Waals surface area contributed by atoms with Crippen LogP contribution in [0, 0.1) is 6.92 Å². The molecule has 3 heterocycles. The summed E-state index contributed by atoms with van der Waals surface area (Å²) < 4.78 is 1.63. The average Bonchev–Trinajstić information content (AvgIpc) is 3.35. The predicted octanol–water partition coefficient (Wildman–Crippen LogP) is 3.55.